The summed E-state index contributed by atoms with van der Waals surface area (Å²) in [6, 6.07) is 4.17. The van der Waals surface area contributed by atoms with Crippen molar-refractivity contribution < 1.29 is 17.9 Å². The molecule has 0 saturated heterocycles. The van der Waals surface area contributed by atoms with Crippen LogP contribution in [0.1, 0.15) is 10.4 Å². The zero-order chi connectivity index (χ0) is 16.3. The van der Waals surface area contributed by atoms with E-state index in [2.05, 4.69) is 14.7 Å². The van der Waals surface area contributed by atoms with Crippen molar-refractivity contribution in [1.82, 2.24) is 9.97 Å². The van der Waals surface area contributed by atoms with E-state index in [4.69, 9.17) is 11.6 Å². The van der Waals surface area contributed by atoms with Crippen LogP contribution in [0.3, 0.4) is 0 Å². The third-order valence-corrected chi connectivity index (χ3v) is 4.91. The van der Waals surface area contributed by atoms with Gasteiger partial charge in [-0.1, -0.05) is 11.6 Å². The number of hydrogen-bond acceptors (Lipinski definition) is 6. The number of halogens is 1. The Kier molecular flexibility index (Phi) is 4.62. The third-order valence-electron chi connectivity index (χ3n) is 2.86. The van der Waals surface area contributed by atoms with Crippen LogP contribution in [0, 0.1) is 0 Å². The lowest BCUT2D eigenvalue weighted by atomic mass is 10.2. The van der Waals surface area contributed by atoms with Gasteiger partial charge in [0.05, 0.1) is 17.7 Å². The zero-order valence-corrected chi connectivity index (χ0v) is 13.3. The fourth-order valence-electron chi connectivity index (χ4n) is 1.65. The van der Waals surface area contributed by atoms with Crippen LogP contribution >= 0.6 is 11.6 Å². The van der Waals surface area contributed by atoms with Gasteiger partial charge in [0.1, 0.15) is 10.7 Å². The van der Waals surface area contributed by atoms with Gasteiger partial charge in [-0.2, -0.15) is 0 Å². The molecule has 9 heteroatoms. The van der Waals surface area contributed by atoms with Gasteiger partial charge in [0.2, 0.25) is 0 Å². The van der Waals surface area contributed by atoms with Gasteiger partial charge in [-0.25, -0.2) is 18.2 Å². The van der Waals surface area contributed by atoms with Crippen molar-refractivity contribution in [2.75, 3.05) is 18.5 Å². The molecule has 2 heterocycles. The summed E-state index contributed by atoms with van der Waals surface area (Å²) < 4.78 is 30.5. The Morgan fingerprint density at radius 1 is 1.36 bits per heavy atom. The molecule has 0 N–H and O–H groups in total. The predicted octanol–water partition coefficient (Wildman–Crippen LogP) is 1.74. The average molecular weight is 342 g/mol. The van der Waals surface area contributed by atoms with E-state index in [0.29, 0.717) is 0 Å². The first-order valence-electron chi connectivity index (χ1n) is 6.00. The first-order valence-corrected chi connectivity index (χ1v) is 7.82. The molecule has 0 aliphatic carbocycles. The summed E-state index contributed by atoms with van der Waals surface area (Å²) >= 11 is 5.86. The number of esters is 1. The molecule has 0 saturated carbocycles. The summed E-state index contributed by atoms with van der Waals surface area (Å²) in [5.41, 5.74) is 0.0300. The van der Waals surface area contributed by atoms with Crippen LogP contribution in [0.25, 0.3) is 0 Å². The average Bonchev–Trinajstić information content (AvgIpc) is 2.54. The molecule has 0 bridgehead atoms. The maximum atomic E-state index is 12.5. The van der Waals surface area contributed by atoms with Crippen LogP contribution in [0.4, 0.5) is 5.82 Å². The first kappa shape index (κ1) is 16.2. The van der Waals surface area contributed by atoms with E-state index in [9.17, 15) is 13.2 Å². The van der Waals surface area contributed by atoms with E-state index < -0.39 is 16.0 Å². The topological polar surface area (TPSA) is 89.5 Å². The first-order chi connectivity index (χ1) is 10.4. The second-order valence-corrected chi connectivity index (χ2v) is 6.55. The number of hydrogen-bond donors (Lipinski definition) is 0. The summed E-state index contributed by atoms with van der Waals surface area (Å²) in [5.74, 6) is -0.644. The smallest absolute Gasteiger partial charge is 0.339 e. The molecule has 0 fully saturated rings. The Labute approximate surface area is 132 Å². The van der Waals surface area contributed by atoms with E-state index in [1.807, 2.05) is 0 Å². The Bertz CT molecular complexity index is 796. The van der Waals surface area contributed by atoms with E-state index >= 15 is 0 Å². The minimum Gasteiger partial charge on any atom is -0.465 e. The number of carbonyl (C=O) groups excluding carboxylic acids is 1. The second-order valence-electron chi connectivity index (χ2n) is 4.18. The largest absolute Gasteiger partial charge is 0.465 e. The molecule has 0 aliphatic heterocycles. The van der Waals surface area contributed by atoms with E-state index in [0.717, 1.165) is 4.31 Å². The Balaban J connectivity index is 2.46. The molecular formula is C13H12ClN3O4S. The molecule has 0 unspecified atom stereocenters. The maximum absolute atomic E-state index is 12.5. The molecule has 7 nitrogen and oxygen atoms in total. The number of carbonyl (C=O) groups is 1. The number of nitrogens with zero attached hydrogens (tertiary/aromatic N) is 3. The molecule has 0 atom stereocenters. The molecule has 0 radical (unpaired) electrons. The minimum absolute atomic E-state index is 0.00821. The summed E-state index contributed by atoms with van der Waals surface area (Å²) in [5, 5.41) is 0.0720. The maximum Gasteiger partial charge on any atom is 0.339 e. The van der Waals surface area contributed by atoms with Gasteiger partial charge in [-0.3, -0.25) is 9.29 Å². The number of pyridine rings is 2. The van der Waals surface area contributed by atoms with Gasteiger partial charge < -0.3 is 4.74 Å². The van der Waals surface area contributed by atoms with Gasteiger partial charge in [0.25, 0.3) is 10.0 Å². The van der Waals surface area contributed by atoms with Gasteiger partial charge in [0, 0.05) is 25.6 Å². The van der Waals surface area contributed by atoms with Crippen LogP contribution in [0.5, 0.6) is 0 Å². The second kappa shape index (κ2) is 6.29. The summed E-state index contributed by atoms with van der Waals surface area (Å²) in [6.45, 7) is 0. The van der Waals surface area contributed by atoms with Crippen LogP contribution in [0.15, 0.2) is 41.7 Å². The lowest BCUT2D eigenvalue weighted by Gasteiger charge is -2.18. The van der Waals surface area contributed by atoms with Gasteiger partial charge >= 0.3 is 5.97 Å². The molecule has 0 aliphatic rings. The fourth-order valence-corrected chi connectivity index (χ4v) is 2.93. The minimum atomic E-state index is -3.84. The van der Waals surface area contributed by atoms with E-state index in [1.165, 1.54) is 50.9 Å². The van der Waals surface area contributed by atoms with Crippen molar-refractivity contribution in [2.45, 2.75) is 4.90 Å². The van der Waals surface area contributed by atoms with Crippen LogP contribution < -0.4 is 4.31 Å². The van der Waals surface area contributed by atoms with Gasteiger partial charge in [-0.05, 0) is 18.2 Å². The highest BCUT2D eigenvalue weighted by atomic mass is 35.5. The Morgan fingerprint density at radius 2 is 2.09 bits per heavy atom. The van der Waals surface area contributed by atoms with Crippen LogP contribution in [-0.4, -0.2) is 38.5 Å². The molecule has 0 aromatic carbocycles. The third kappa shape index (κ3) is 3.02. The standard InChI is InChI=1S/C13H12ClN3O4S/c1-17(22(19,20)9-4-3-5-15-7-9)12-6-10(13(18)21-2)11(14)8-16-12/h3-8H,1-2H3. The van der Waals surface area contributed by atoms with Crippen LogP contribution in [0.2, 0.25) is 5.02 Å². The van der Waals surface area contributed by atoms with Crippen molar-refractivity contribution in [3.8, 4) is 0 Å². The van der Waals surface area contributed by atoms with Crippen molar-refractivity contribution in [1.29, 1.82) is 0 Å². The quantitative estimate of drug-likeness (QED) is 0.787. The highest BCUT2D eigenvalue weighted by Gasteiger charge is 2.24. The molecule has 2 aromatic heterocycles. The Morgan fingerprint density at radius 3 is 2.68 bits per heavy atom. The monoisotopic (exact) mass is 341 g/mol. The number of methoxy groups -OCH3 is 1. The van der Waals surface area contributed by atoms with Crippen molar-refractivity contribution in [3.63, 3.8) is 0 Å². The van der Waals surface area contributed by atoms with Crippen molar-refractivity contribution >= 4 is 33.4 Å². The molecular weight excluding hydrogens is 330 g/mol. The summed E-state index contributed by atoms with van der Waals surface area (Å²) in [4.78, 5) is 19.3. The number of anilines is 1. The number of ether oxygens (including phenoxy) is 1. The molecule has 22 heavy (non-hydrogen) atoms. The number of sulfonamides is 1. The lowest BCUT2D eigenvalue weighted by molar-refractivity contribution is 0.0601. The van der Waals surface area contributed by atoms with Gasteiger partial charge in [0.15, 0.2) is 0 Å². The molecule has 0 spiro atoms. The highest BCUT2D eigenvalue weighted by molar-refractivity contribution is 7.92. The van der Waals surface area contributed by atoms with E-state index in [1.54, 1.807) is 0 Å². The Hall–Kier alpha value is -2.19. The number of aromatic nitrogens is 2. The fraction of sp³-hybridized carbons (Fsp3) is 0.154. The summed E-state index contributed by atoms with van der Waals surface area (Å²) in [7, 11) is -1.32. The molecule has 2 rings (SSSR count). The number of rotatable bonds is 4. The SMILES string of the molecule is COC(=O)c1cc(N(C)S(=O)(=O)c2cccnc2)ncc1Cl. The zero-order valence-electron chi connectivity index (χ0n) is 11.7. The molecule has 116 valence electrons. The normalized spacial score (nSPS) is 11.0. The molecule has 0 amide bonds. The van der Waals surface area contributed by atoms with Crippen LogP contribution in [-0.2, 0) is 14.8 Å². The summed E-state index contributed by atoms with van der Waals surface area (Å²) in [6.07, 6.45) is 3.89. The highest BCUT2D eigenvalue weighted by Crippen LogP contribution is 2.24. The van der Waals surface area contributed by atoms with Gasteiger partial charge in [-0.15, -0.1) is 0 Å². The van der Waals surface area contributed by atoms with Crippen molar-refractivity contribution in [3.05, 3.63) is 47.4 Å². The van der Waals surface area contributed by atoms with Crippen molar-refractivity contribution in [2.24, 2.45) is 0 Å². The molecule has 2 aromatic rings. The lowest BCUT2D eigenvalue weighted by Crippen LogP contribution is -2.27. The predicted molar refractivity (Wildman–Crippen MR) is 80.4 cm³/mol. The van der Waals surface area contributed by atoms with E-state index in [-0.39, 0.29) is 21.3 Å².